The molecule has 0 radical (unpaired) electrons. The number of hydrogen-bond donors (Lipinski definition) is 2. The summed E-state index contributed by atoms with van der Waals surface area (Å²) in [4.78, 5) is 8.25. The zero-order valence-electron chi connectivity index (χ0n) is 7.20. The van der Waals surface area contributed by atoms with Gasteiger partial charge in [0.15, 0.2) is 0 Å². The van der Waals surface area contributed by atoms with Gasteiger partial charge in [-0.25, -0.2) is 0 Å². The van der Waals surface area contributed by atoms with E-state index >= 15 is 0 Å². The lowest BCUT2D eigenvalue weighted by atomic mass is 11.3. The lowest BCUT2D eigenvalue weighted by molar-refractivity contribution is -0.597. The number of halogens is 1. The second kappa shape index (κ2) is 34.2. The van der Waals surface area contributed by atoms with Gasteiger partial charge in [0.1, 0.15) is 0 Å². The van der Waals surface area contributed by atoms with Crippen molar-refractivity contribution in [2.45, 2.75) is 0 Å². The molecule has 0 rings (SSSR count). The van der Waals surface area contributed by atoms with Crippen LogP contribution in [0.15, 0.2) is 0 Å². The van der Waals surface area contributed by atoms with Gasteiger partial charge in [-0.3, -0.25) is 0 Å². The topological polar surface area (TPSA) is 99.4 Å². The Hall–Kier alpha value is -0.590. The standard InChI is InChI=1S/2C2H7N.ClH.NO3/c2*1-3-2;;2-1(3)4/h2*3H,1-2H3;1H;/q;;;-1/p+1. The molecule has 0 aromatic heterocycles. The maximum atomic E-state index is 8.25. The van der Waals surface area contributed by atoms with Crippen molar-refractivity contribution in [2.24, 2.45) is 0 Å². The third kappa shape index (κ3) is 1480. The van der Waals surface area contributed by atoms with Crippen molar-refractivity contribution in [2.75, 3.05) is 28.2 Å². The van der Waals surface area contributed by atoms with Gasteiger partial charge in [0.05, 0.1) is 33.3 Å². The molecule has 0 aliphatic carbocycles. The van der Waals surface area contributed by atoms with Crippen LogP contribution in [0.2, 0.25) is 0 Å². The third-order valence-electron chi connectivity index (χ3n) is 0. The summed E-state index contributed by atoms with van der Waals surface area (Å²) in [6.07, 6.45) is 0. The van der Waals surface area contributed by atoms with E-state index in [4.69, 9.17) is 15.3 Å². The Bertz CT molecular complexity index is 58.5. The fraction of sp³-hybridized carbons (Fsp3) is 1.00. The van der Waals surface area contributed by atoms with Gasteiger partial charge >= 0.3 is 0 Å². The lowest BCUT2D eigenvalue weighted by Gasteiger charge is -1.74. The van der Waals surface area contributed by atoms with E-state index in [1.807, 2.05) is 38.8 Å². The summed E-state index contributed by atoms with van der Waals surface area (Å²) in [7, 11) is 8.00. The Balaban J connectivity index is -0.0000000325. The van der Waals surface area contributed by atoms with Crippen LogP contribution in [0.25, 0.3) is 0 Å². The van der Waals surface area contributed by atoms with E-state index in [2.05, 4.69) is 0 Å². The van der Waals surface area contributed by atoms with Crippen molar-refractivity contribution in [3.8, 4) is 0 Å². The predicted octanol–water partition coefficient (Wildman–Crippen LogP) is -5.62. The first-order valence-corrected chi connectivity index (χ1v) is 2.86. The Morgan fingerprint density at radius 1 is 1.00 bits per heavy atom. The van der Waals surface area contributed by atoms with Gasteiger partial charge < -0.3 is 38.4 Å². The lowest BCUT2D eigenvalue weighted by Crippen LogP contribution is -3.00. The average molecular weight is 190 g/mol. The molecule has 0 bridgehead atoms. The van der Waals surface area contributed by atoms with Crippen LogP contribution in [0.4, 0.5) is 0 Å². The number of nitrogens with zero attached hydrogens (tertiary/aromatic N) is 1. The van der Waals surface area contributed by atoms with E-state index in [1.54, 1.807) is 0 Å². The highest BCUT2D eigenvalue weighted by atomic mass is 35.5. The minimum atomic E-state index is -1.75. The normalized spacial score (nSPS) is 5.45. The van der Waals surface area contributed by atoms with Crippen molar-refractivity contribution in [1.29, 1.82) is 0 Å². The fourth-order valence-electron chi connectivity index (χ4n) is 0. The number of quaternary nitrogens is 2. The van der Waals surface area contributed by atoms with Crippen molar-refractivity contribution in [3.63, 3.8) is 0 Å². The highest BCUT2D eigenvalue weighted by Gasteiger charge is 1.45. The number of nitrogens with two attached hydrogens (primary N) is 2. The minimum Gasteiger partial charge on any atom is -1.00 e. The molecule has 11 heavy (non-hydrogen) atoms. The first-order valence-electron chi connectivity index (χ1n) is 2.86. The molecular weight excluding hydrogens is 174 g/mol. The van der Waals surface area contributed by atoms with E-state index in [-0.39, 0.29) is 12.4 Å². The highest BCUT2D eigenvalue weighted by molar-refractivity contribution is 4.03. The van der Waals surface area contributed by atoms with Crippen LogP contribution in [0.3, 0.4) is 0 Å². The summed E-state index contributed by atoms with van der Waals surface area (Å²) in [5, 5.41) is 18.8. The van der Waals surface area contributed by atoms with E-state index in [0.29, 0.717) is 0 Å². The molecule has 0 fully saturated rings. The summed E-state index contributed by atoms with van der Waals surface area (Å²) >= 11 is 0. The molecule has 0 aliphatic rings. The molecule has 7 heteroatoms. The summed E-state index contributed by atoms with van der Waals surface area (Å²) in [6.45, 7) is 0. The van der Waals surface area contributed by atoms with Crippen molar-refractivity contribution in [1.82, 2.24) is 0 Å². The maximum absolute atomic E-state index is 8.25. The van der Waals surface area contributed by atoms with E-state index < -0.39 is 5.09 Å². The average Bonchev–Trinajstić information content (AvgIpc) is 1.65. The van der Waals surface area contributed by atoms with Gasteiger partial charge in [0.25, 0.3) is 0 Å². The summed E-state index contributed by atoms with van der Waals surface area (Å²) in [5.41, 5.74) is 0. The fourth-order valence-corrected chi connectivity index (χ4v) is 0. The van der Waals surface area contributed by atoms with Crippen molar-refractivity contribution in [3.05, 3.63) is 15.3 Å². The number of hydrogen-bond acceptors (Lipinski definition) is 3. The van der Waals surface area contributed by atoms with Gasteiger partial charge in [-0.05, 0) is 0 Å². The zero-order valence-corrected chi connectivity index (χ0v) is 7.96. The molecule has 0 aliphatic heterocycles. The van der Waals surface area contributed by atoms with Crippen LogP contribution in [0.5, 0.6) is 0 Å². The molecule has 0 spiro atoms. The zero-order chi connectivity index (χ0) is 8.99. The van der Waals surface area contributed by atoms with Crippen molar-refractivity contribution < 1.29 is 28.1 Å². The van der Waals surface area contributed by atoms with Crippen LogP contribution in [0, 0.1) is 15.3 Å². The molecular formula is C4H16ClN3O3. The number of rotatable bonds is 0. The van der Waals surface area contributed by atoms with Crippen LogP contribution in [0.1, 0.15) is 0 Å². The van der Waals surface area contributed by atoms with E-state index in [9.17, 15) is 0 Å². The predicted molar refractivity (Wildman–Crippen MR) is 37.9 cm³/mol. The second-order valence-corrected chi connectivity index (χ2v) is 1.38. The molecule has 4 N–H and O–H groups in total. The quantitative estimate of drug-likeness (QED) is 0.294. The van der Waals surface area contributed by atoms with Crippen LogP contribution >= 0.6 is 0 Å². The summed E-state index contributed by atoms with van der Waals surface area (Å²) < 4.78 is 0. The van der Waals surface area contributed by atoms with Crippen LogP contribution < -0.4 is 23.0 Å². The first kappa shape index (κ1) is 22.4. The molecule has 0 saturated heterocycles. The van der Waals surface area contributed by atoms with E-state index in [1.165, 1.54) is 0 Å². The molecule has 0 saturated carbocycles. The van der Waals surface area contributed by atoms with Crippen molar-refractivity contribution >= 4 is 0 Å². The molecule has 72 valence electrons. The Morgan fingerprint density at radius 3 is 1.00 bits per heavy atom. The molecule has 0 unspecified atom stereocenters. The smallest absolute Gasteiger partial charge is 0.0689 e. The molecule has 6 nitrogen and oxygen atoms in total. The molecule has 0 aromatic carbocycles. The first-order chi connectivity index (χ1) is 4.56. The minimum absolute atomic E-state index is 0. The largest absolute Gasteiger partial charge is 1.00 e. The highest BCUT2D eigenvalue weighted by Crippen LogP contribution is 1.44. The van der Waals surface area contributed by atoms with Gasteiger partial charge in [0.2, 0.25) is 0 Å². The Labute approximate surface area is 72.5 Å². The Morgan fingerprint density at radius 2 is 1.00 bits per heavy atom. The van der Waals surface area contributed by atoms with Crippen LogP contribution in [-0.2, 0) is 0 Å². The molecule has 0 atom stereocenters. The maximum Gasteiger partial charge on any atom is 0.0689 e. The van der Waals surface area contributed by atoms with Crippen LogP contribution in [-0.4, -0.2) is 33.3 Å². The molecule has 0 amide bonds. The van der Waals surface area contributed by atoms with E-state index in [0.717, 1.165) is 0 Å². The van der Waals surface area contributed by atoms with Gasteiger partial charge in [-0.1, -0.05) is 0 Å². The van der Waals surface area contributed by atoms with Gasteiger partial charge in [0, 0.05) is 0 Å². The van der Waals surface area contributed by atoms with Gasteiger partial charge in [-0.2, -0.15) is 0 Å². The molecule has 0 aromatic rings. The van der Waals surface area contributed by atoms with Gasteiger partial charge in [-0.15, -0.1) is 0 Å². The monoisotopic (exact) mass is 189 g/mol. The molecule has 0 heterocycles. The summed E-state index contributed by atoms with van der Waals surface area (Å²) in [6, 6.07) is 0. The summed E-state index contributed by atoms with van der Waals surface area (Å²) in [5.74, 6) is 0. The Kier molecular flexibility index (Phi) is 69.8. The third-order valence-corrected chi connectivity index (χ3v) is 0. The second-order valence-electron chi connectivity index (χ2n) is 1.38. The SMILES string of the molecule is C[NH2+]C.C[NH2+]C.O=[N+]([O-])[O-].[Cl-].